The number of hydrogen-bond acceptors (Lipinski definition) is 2. The van der Waals surface area contributed by atoms with Crippen molar-refractivity contribution in [3.05, 3.63) is 24.5 Å². The van der Waals surface area contributed by atoms with E-state index in [0.717, 1.165) is 5.69 Å². The van der Waals surface area contributed by atoms with Gasteiger partial charge >= 0.3 is 0 Å². The van der Waals surface area contributed by atoms with Gasteiger partial charge in [0.05, 0.1) is 7.11 Å². The summed E-state index contributed by atoms with van der Waals surface area (Å²) in [6.07, 6.45) is 3.71. The molecule has 0 bridgehead atoms. The third kappa shape index (κ3) is 2.60. The number of nitrogens with zero attached hydrogens (tertiary/aromatic N) is 1. The Bertz CT molecular complexity index is 290. The van der Waals surface area contributed by atoms with Gasteiger partial charge in [-0.3, -0.25) is 8.91 Å². The van der Waals surface area contributed by atoms with Crippen molar-refractivity contribution < 1.29 is 13.0 Å². The van der Waals surface area contributed by atoms with Gasteiger partial charge in [-0.15, -0.1) is 0 Å². The molecule has 0 aromatic carbocycles. The first-order chi connectivity index (χ1) is 5.72. The molecule has 1 aromatic heterocycles. The number of nitrogens with one attached hydrogen (secondary N) is 1. The summed E-state index contributed by atoms with van der Waals surface area (Å²) in [5.74, 6) is 0. The Balaban J connectivity index is 2.69. The number of anilines is 1. The second-order valence-corrected chi connectivity index (χ2v) is 3.27. The van der Waals surface area contributed by atoms with Gasteiger partial charge in [0.25, 0.3) is 11.3 Å². The minimum atomic E-state index is -1.45. The van der Waals surface area contributed by atoms with Crippen molar-refractivity contribution in [1.29, 1.82) is 0 Å². The van der Waals surface area contributed by atoms with Gasteiger partial charge in [-0.05, 0) is 6.07 Å². The topological polar surface area (TPSA) is 42.2 Å². The molecule has 0 aliphatic heterocycles. The molecule has 0 spiro atoms. The van der Waals surface area contributed by atoms with E-state index in [-0.39, 0.29) is 0 Å². The molecule has 0 unspecified atom stereocenters. The van der Waals surface area contributed by atoms with E-state index in [1.807, 2.05) is 36.1 Å². The molecule has 1 heterocycles. The molecule has 5 heteroatoms. The predicted octanol–water partition coefficient (Wildman–Crippen LogP) is 0.148. The van der Waals surface area contributed by atoms with Crippen molar-refractivity contribution in [3.63, 3.8) is 0 Å². The molecule has 1 aromatic rings. The Hall–Kier alpha value is -0.940. The summed E-state index contributed by atoms with van der Waals surface area (Å²) >= 11 is -1.45. The van der Waals surface area contributed by atoms with Gasteiger partial charge in [-0.2, -0.15) is 0 Å². The zero-order valence-corrected chi connectivity index (χ0v) is 7.80. The van der Waals surface area contributed by atoms with E-state index < -0.39 is 11.3 Å². The first-order valence-corrected chi connectivity index (χ1v) is 4.48. The van der Waals surface area contributed by atoms with Crippen molar-refractivity contribution in [2.24, 2.45) is 7.05 Å². The summed E-state index contributed by atoms with van der Waals surface area (Å²) in [5, 5.41) is 0. The summed E-state index contributed by atoms with van der Waals surface area (Å²) in [6.45, 7) is 0. The van der Waals surface area contributed by atoms with Crippen LogP contribution in [-0.2, 0) is 22.5 Å². The van der Waals surface area contributed by atoms with Gasteiger partial charge in [-0.1, -0.05) is 0 Å². The molecule has 1 rings (SSSR count). The molecule has 4 nitrogen and oxygen atoms in total. The van der Waals surface area contributed by atoms with Gasteiger partial charge in [0.15, 0.2) is 12.4 Å². The van der Waals surface area contributed by atoms with Crippen LogP contribution in [0.4, 0.5) is 5.69 Å². The van der Waals surface area contributed by atoms with Crippen LogP contribution in [-0.4, -0.2) is 11.3 Å². The molecular weight excluding hydrogens is 176 g/mol. The third-order valence-corrected chi connectivity index (χ3v) is 2.00. The second kappa shape index (κ2) is 4.18. The van der Waals surface area contributed by atoms with E-state index in [4.69, 9.17) is 0 Å². The Kier molecular flexibility index (Phi) is 3.19. The van der Waals surface area contributed by atoms with Gasteiger partial charge < -0.3 is 0 Å². The summed E-state index contributed by atoms with van der Waals surface area (Å²) in [6, 6.07) is 3.67. The van der Waals surface area contributed by atoms with E-state index in [1.54, 1.807) is 0 Å². The fourth-order valence-electron chi connectivity index (χ4n) is 0.786. The SMILES string of the molecule is CO[S@](=O)Nc1ccc[n+](C)c1. The highest BCUT2D eigenvalue weighted by Crippen LogP contribution is 2.02. The van der Waals surface area contributed by atoms with Crippen LogP contribution in [0.15, 0.2) is 24.5 Å². The zero-order valence-electron chi connectivity index (χ0n) is 6.98. The van der Waals surface area contributed by atoms with Crippen LogP contribution in [0.5, 0.6) is 0 Å². The van der Waals surface area contributed by atoms with E-state index in [0.29, 0.717) is 0 Å². The molecule has 0 saturated carbocycles. The predicted molar refractivity (Wildman–Crippen MR) is 46.4 cm³/mol. The van der Waals surface area contributed by atoms with Crippen LogP contribution in [0.25, 0.3) is 0 Å². The number of aromatic nitrogens is 1. The van der Waals surface area contributed by atoms with Crippen LogP contribution in [0.1, 0.15) is 0 Å². The summed E-state index contributed by atoms with van der Waals surface area (Å²) in [7, 11) is 3.27. The first-order valence-electron chi connectivity index (χ1n) is 3.40. The second-order valence-electron chi connectivity index (χ2n) is 2.26. The van der Waals surface area contributed by atoms with Gasteiger partial charge in [0.1, 0.15) is 12.7 Å². The highest BCUT2D eigenvalue weighted by molar-refractivity contribution is 7.81. The zero-order chi connectivity index (χ0) is 8.97. The van der Waals surface area contributed by atoms with E-state index in [1.165, 1.54) is 7.11 Å². The Morgan fingerprint density at radius 3 is 3.00 bits per heavy atom. The highest BCUT2D eigenvalue weighted by Gasteiger charge is 2.00. The average molecular weight is 187 g/mol. The maximum atomic E-state index is 10.9. The smallest absolute Gasteiger partial charge is 0.261 e. The van der Waals surface area contributed by atoms with Crippen molar-refractivity contribution in [2.75, 3.05) is 11.8 Å². The van der Waals surface area contributed by atoms with Crippen molar-refractivity contribution >= 4 is 17.0 Å². The summed E-state index contributed by atoms with van der Waals surface area (Å²) in [5.41, 5.74) is 0.764. The lowest BCUT2D eigenvalue weighted by Crippen LogP contribution is -2.26. The van der Waals surface area contributed by atoms with Crippen molar-refractivity contribution in [1.82, 2.24) is 0 Å². The average Bonchev–Trinajstić information content (AvgIpc) is 2.04. The maximum Gasteiger partial charge on any atom is 0.261 e. The van der Waals surface area contributed by atoms with Crippen LogP contribution in [0, 0.1) is 0 Å². The fourth-order valence-corrected chi connectivity index (χ4v) is 1.18. The normalized spacial score (nSPS) is 12.5. The molecule has 12 heavy (non-hydrogen) atoms. The standard InChI is InChI=1S/C7H11N2O2S/c1-9-5-3-4-7(6-9)8-12(10)11-2/h3-6,8H,1-2H3/q+1/t12-/m0/s1. The van der Waals surface area contributed by atoms with Crippen LogP contribution in [0.3, 0.4) is 0 Å². The number of hydrogen-bond donors (Lipinski definition) is 1. The lowest BCUT2D eigenvalue weighted by molar-refractivity contribution is -0.670. The number of pyridine rings is 1. The number of rotatable bonds is 3. The Morgan fingerprint density at radius 1 is 1.67 bits per heavy atom. The van der Waals surface area contributed by atoms with Crippen molar-refractivity contribution in [2.45, 2.75) is 0 Å². The van der Waals surface area contributed by atoms with Gasteiger partial charge in [0.2, 0.25) is 0 Å². The molecule has 1 N–H and O–H groups in total. The van der Waals surface area contributed by atoms with E-state index in [9.17, 15) is 4.21 Å². The largest absolute Gasteiger partial charge is 0.277 e. The van der Waals surface area contributed by atoms with Crippen LogP contribution in [0.2, 0.25) is 0 Å². The molecule has 0 aliphatic rings. The van der Waals surface area contributed by atoms with Crippen molar-refractivity contribution in [3.8, 4) is 0 Å². The molecule has 0 amide bonds. The highest BCUT2D eigenvalue weighted by atomic mass is 32.2. The number of aryl methyl sites for hydroxylation is 1. The summed E-state index contributed by atoms with van der Waals surface area (Å²) < 4.78 is 19.9. The van der Waals surface area contributed by atoms with Crippen LogP contribution >= 0.6 is 0 Å². The Morgan fingerprint density at radius 2 is 2.42 bits per heavy atom. The molecule has 0 saturated heterocycles. The van der Waals surface area contributed by atoms with Crippen LogP contribution < -0.4 is 9.29 Å². The molecule has 0 radical (unpaired) electrons. The maximum absolute atomic E-state index is 10.9. The molecule has 1 atom stereocenters. The first kappa shape index (κ1) is 9.15. The third-order valence-electron chi connectivity index (χ3n) is 1.29. The lowest BCUT2D eigenvalue weighted by atomic mass is 10.4. The molecule has 0 aliphatic carbocycles. The van der Waals surface area contributed by atoms with E-state index >= 15 is 0 Å². The molecule has 0 fully saturated rings. The minimum Gasteiger partial charge on any atom is -0.277 e. The molecular formula is C7H11N2O2S+. The van der Waals surface area contributed by atoms with E-state index in [2.05, 4.69) is 8.91 Å². The lowest BCUT2D eigenvalue weighted by Gasteiger charge is -2.00. The molecule has 66 valence electrons. The quantitative estimate of drug-likeness (QED) is 0.684. The minimum absolute atomic E-state index is 0.764. The van der Waals surface area contributed by atoms with Gasteiger partial charge in [0, 0.05) is 6.07 Å². The van der Waals surface area contributed by atoms with Gasteiger partial charge in [-0.25, -0.2) is 8.78 Å². The fraction of sp³-hybridized carbons (Fsp3) is 0.286. The monoisotopic (exact) mass is 187 g/mol. The Labute approximate surface area is 74.0 Å². The summed E-state index contributed by atoms with van der Waals surface area (Å²) in [4.78, 5) is 0.